The van der Waals surface area contributed by atoms with Gasteiger partial charge in [0.25, 0.3) is 0 Å². The van der Waals surface area contributed by atoms with Gasteiger partial charge >= 0.3 is 0 Å². The maximum absolute atomic E-state index is 11.8. The lowest BCUT2D eigenvalue weighted by Crippen LogP contribution is -2.22. The van der Waals surface area contributed by atoms with Gasteiger partial charge in [0.05, 0.1) is 6.54 Å². The molecular formula is C15H15ClN2O. The maximum atomic E-state index is 11.8. The highest BCUT2D eigenvalue weighted by Crippen LogP contribution is 2.22. The largest absolute Gasteiger partial charge is 0.376 e. The summed E-state index contributed by atoms with van der Waals surface area (Å²) in [4.78, 5) is 11.8. The molecule has 0 heterocycles. The predicted molar refractivity (Wildman–Crippen MR) is 79.8 cm³/mol. The number of carbonyl (C=O) groups is 1. The summed E-state index contributed by atoms with van der Waals surface area (Å²) >= 11 is 6.02. The number of carbonyl (C=O) groups excluding carboxylic acids is 1. The molecule has 0 aromatic heterocycles. The third-order valence-electron chi connectivity index (χ3n) is 2.76. The van der Waals surface area contributed by atoms with Gasteiger partial charge in [-0.1, -0.05) is 35.9 Å². The van der Waals surface area contributed by atoms with E-state index >= 15 is 0 Å². The molecule has 3 nitrogen and oxygen atoms in total. The van der Waals surface area contributed by atoms with Crippen molar-refractivity contribution in [3.05, 3.63) is 59.1 Å². The molecule has 2 N–H and O–H groups in total. The van der Waals surface area contributed by atoms with Gasteiger partial charge in [-0.25, -0.2) is 0 Å². The molecule has 2 aromatic rings. The van der Waals surface area contributed by atoms with Gasteiger partial charge in [0.1, 0.15) is 0 Å². The Kier molecular flexibility index (Phi) is 4.42. The van der Waals surface area contributed by atoms with Crippen molar-refractivity contribution in [1.82, 2.24) is 0 Å². The Bertz CT molecular complexity index is 570. The standard InChI is InChI=1S/C15H15ClN2O/c1-11-13(16)8-5-9-14(11)17-10-15(19)18-12-6-3-2-4-7-12/h2-9,17H,10H2,1H3,(H,18,19). The number of rotatable bonds is 4. The number of halogens is 1. The molecule has 98 valence electrons. The van der Waals surface area contributed by atoms with E-state index in [4.69, 9.17) is 11.6 Å². The summed E-state index contributed by atoms with van der Waals surface area (Å²) in [6.45, 7) is 2.12. The highest BCUT2D eigenvalue weighted by Gasteiger charge is 2.05. The first-order valence-corrected chi connectivity index (χ1v) is 6.38. The van der Waals surface area contributed by atoms with Crippen LogP contribution in [0.4, 0.5) is 11.4 Å². The molecule has 2 rings (SSSR count). The molecular weight excluding hydrogens is 260 g/mol. The topological polar surface area (TPSA) is 41.1 Å². The van der Waals surface area contributed by atoms with E-state index in [1.54, 1.807) is 0 Å². The smallest absolute Gasteiger partial charge is 0.243 e. The minimum atomic E-state index is -0.0921. The van der Waals surface area contributed by atoms with E-state index in [-0.39, 0.29) is 12.5 Å². The van der Waals surface area contributed by atoms with Gasteiger partial charge in [0.15, 0.2) is 0 Å². The highest BCUT2D eigenvalue weighted by atomic mass is 35.5. The van der Waals surface area contributed by atoms with E-state index in [2.05, 4.69) is 10.6 Å². The van der Waals surface area contributed by atoms with Crippen LogP contribution in [0.25, 0.3) is 0 Å². The fraction of sp³-hybridized carbons (Fsp3) is 0.133. The lowest BCUT2D eigenvalue weighted by atomic mass is 10.2. The summed E-state index contributed by atoms with van der Waals surface area (Å²) in [6.07, 6.45) is 0. The van der Waals surface area contributed by atoms with E-state index in [9.17, 15) is 4.79 Å². The van der Waals surface area contributed by atoms with Crippen LogP contribution < -0.4 is 10.6 Å². The van der Waals surface area contributed by atoms with Crippen molar-refractivity contribution >= 4 is 28.9 Å². The Morgan fingerprint density at radius 1 is 1.11 bits per heavy atom. The van der Waals surface area contributed by atoms with Gasteiger partial charge in [0, 0.05) is 16.4 Å². The van der Waals surface area contributed by atoms with Crippen LogP contribution in [0, 0.1) is 6.92 Å². The van der Waals surface area contributed by atoms with Crippen LogP contribution >= 0.6 is 11.6 Å². The van der Waals surface area contributed by atoms with Crippen molar-refractivity contribution in [1.29, 1.82) is 0 Å². The number of hydrogen-bond acceptors (Lipinski definition) is 2. The Morgan fingerprint density at radius 2 is 1.84 bits per heavy atom. The fourth-order valence-electron chi connectivity index (χ4n) is 1.70. The Labute approximate surface area is 117 Å². The normalized spacial score (nSPS) is 10.0. The molecule has 0 spiro atoms. The molecule has 0 unspecified atom stereocenters. The van der Waals surface area contributed by atoms with Crippen molar-refractivity contribution < 1.29 is 4.79 Å². The molecule has 0 atom stereocenters. The van der Waals surface area contributed by atoms with Crippen molar-refractivity contribution in [2.75, 3.05) is 17.2 Å². The molecule has 0 aliphatic carbocycles. The molecule has 0 radical (unpaired) electrons. The average molecular weight is 275 g/mol. The predicted octanol–water partition coefficient (Wildman–Crippen LogP) is 3.70. The fourth-order valence-corrected chi connectivity index (χ4v) is 1.88. The van der Waals surface area contributed by atoms with Crippen LogP contribution in [-0.4, -0.2) is 12.5 Å². The van der Waals surface area contributed by atoms with E-state index < -0.39 is 0 Å². The molecule has 0 aliphatic rings. The Morgan fingerprint density at radius 3 is 2.58 bits per heavy atom. The first-order valence-electron chi connectivity index (χ1n) is 6.00. The minimum Gasteiger partial charge on any atom is -0.376 e. The molecule has 0 saturated heterocycles. The number of benzene rings is 2. The average Bonchev–Trinajstić information content (AvgIpc) is 2.42. The zero-order valence-electron chi connectivity index (χ0n) is 10.6. The van der Waals surface area contributed by atoms with Crippen molar-refractivity contribution in [2.45, 2.75) is 6.92 Å². The molecule has 1 amide bonds. The van der Waals surface area contributed by atoms with E-state index in [0.717, 1.165) is 16.9 Å². The summed E-state index contributed by atoms with van der Waals surface area (Å²) in [5.41, 5.74) is 2.60. The van der Waals surface area contributed by atoms with Crippen molar-refractivity contribution in [2.24, 2.45) is 0 Å². The van der Waals surface area contributed by atoms with Gasteiger partial charge in [-0.3, -0.25) is 4.79 Å². The van der Waals surface area contributed by atoms with E-state index in [1.807, 2.05) is 55.5 Å². The first kappa shape index (κ1) is 13.4. The number of hydrogen-bond donors (Lipinski definition) is 2. The van der Waals surface area contributed by atoms with Gasteiger partial charge in [-0.05, 0) is 36.8 Å². The molecule has 2 aromatic carbocycles. The minimum absolute atomic E-state index is 0.0921. The van der Waals surface area contributed by atoms with Gasteiger partial charge in [-0.15, -0.1) is 0 Å². The number of amides is 1. The zero-order valence-corrected chi connectivity index (χ0v) is 11.4. The van der Waals surface area contributed by atoms with Gasteiger partial charge in [-0.2, -0.15) is 0 Å². The van der Waals surface area contributed by atoms with Crippen molar-refractivity contribution in [3.8, 4) is 0 Å². The van der Waals surface area contributed by atoms with Crippen LogP contribution in [0.5, 0.6) is 0 Å². The van der Waals surface area contributed by atoms with Crippen LogP contribution in [-0.2, 0) is 4.79 Å². The van der Waals surface area contributed by atoms with Crippen molar-refractivity contribution in [3.63, 3.8) is 0 Å². The molecule has 19 heavy (non-hydrogen) atoms. The number of para-hydroxylation sites is 1. The third-order valence-corrected chi connectivity index (χ3v) is 3.17. The van der Waals surface area contributed by atoms with Crippen LogP contribution in [0.2, 0.25) is 5.02 Å². The van der Waals surface area contributed by atoms with E-state index in [1.165, 1.54) is 0 Å². The molecule has 0 bridgehead atoms. The Hall–Kier alpha value is -2.00. The second-order valence-corrected chi connectivity index (χ2v) is 4.59. The second kappa shape index (κ2) is 6.25. The van der Waals surface area contributed by atoms with Gasteiger partial charge < -0.3 is 10.6 Å². The lowest BCUT2D eigenvalue weighted by Gasteiger charge is -2.10. The Balaban J connectivity index is 1.92. The summed E-state index contributed by atoms with van der Waals surface area (Å²) in [6, 6.07) is 14.9. The summed E-state index contributed by atoms with van der Waals surface area (Å²) < 4.78 is 0. The summed E-state index contributed by atoms with van der Waals surface area (Å²) in [5, 5.41) is 6.58. The van der Waals surface area contributed by atoms with Crippen LogP contribution in [0.3, 0.4) is 0 Å². The quantitative estimate of drug-likeness (QED) is 0.893. The summed E-state index contributed by atoms with van der Waals surface area (Å²) in [5.74, 6) is -0.0921. The molecule has 0 fully saturated rings. The van der Waals surface area contributed by atoms with Crippen LogP contribution in [0.15, 0.2) is 48.5 Å². The summed E-state index contributed by atoms with van der Waals surface area (Å²) in [7, 11) is 0. The third kappa shape index (κ3) is 3.73. The van der Waals surface area contributed by atoms with Crippen LogP contribution in [0.1, 0.15) is 5.56 Å². The molecule has 0 saturated carbocycles. The van der Waals surface area contributed by atoms with E-state index in [0.29, 0.717) is 5.02 Å². The number of anilines is 2. The molecule has 4 heteroatoms. The first-order chi connectivity index (χ1) is 9.16. The number of nitrogens with one attached hydrogen (secondary N) is 2. The second-order valence-electron chi connectivity index (χ2n) is 4.18. The van der Waals surface area contributed by atoms with Gasteiger partial charge in [0.2, 0.25) is 5.91 Å². The maximum Gasteiger partial charge on any atom is 0.243 e. The molecule has 0 aliphatic heterocycles. The highest BCUT2D eigenvalue weighted by molar-refractivity contribution is 6.31. The zero-order chi connectivity index (χ0) is 13.7. The SMILES string of the molecule is Cc1c(Cl)cccc1NCC(=O)Nc1ccccc1. The lowest BCUT2D eigenvalue weighted by molar-refractivity contribution is -0.114. The monoisotopic (exact) mass is 274 g/mol.